The maximum atomic E-state index is 12.6. The Morgan fingerprint density at radius 1 is 1.19 bits per heavy atom. The van der Waals surface area contributed by atoms with Crippen molar-refractivity contribution in [2.24, 2.45) is 5.92 Å². The van der Waals surface area contributed by atoms with Crippen LogP contribution in [0.5, 0.6) is 0 Å². The lowest BCUT2D eigenvalue weighted by molar-refractivity contribution is -0.183. The van der Waals surface area contributed by atoms with Gasteiger partial charge in [-0.05, 0) is 43.9 Å². The largest absolute Gasteiger partial charge is 0.398 e. The Hall–Kier alpha value is -1.72. The second kappa shape index (κ2) is 5.58. The van der Waals surface area contributed by atoms with Gasteiger partial charge in [0.2, 0.25) is 0 Å². The number of nitrogens with zero attached hydrogens (tertiary/aromatic N) is 1. The SMILES string of the molecule is Cc1cc(C)c(C(=O)N2CCC(C(F)(F)F)CC2)cc1N. The van der Waals surface area contributed by atoms with Gasteiger partial charge in [-0.15, -0.1) is 0 Å². The number of aryl methyl sites for hydroxylation is 2. The van der Waals surface area contributed by atoms with Crippen molar-refractivity contribution in [1.29, 1.82) is 0 Å². The number of hydrogen-bond acceptors (Lipinski definition) is 2. The topological polar surface area (TPSA) is 46.3 Å². The Labute approximate surface area is 121 Å². The van der Waals surface area contributed by atoms with E-state index >= 15 is 0 Å². The monoisotopic (exact) mass is 300 g/mol. The van der Waals surface area contributed by atoms with Crippen molar-refractivity contribution >= 4 is 11.6 Å². The molecule has 0 aliphatic carbocycles. The van der Waals surface area contributed by atoms with Crippen LogP contribution in [0.3, 0.4) is 0 Å². The molecule has 1 heterocycles. The molecule has 0 unspecified atom stereocenters. The standard InChI is InChI=1S/C15H19F3N2O/c1-9-7-10(2)13(19)8-12(9)14(21)20-5-3-11(4-6-20)15(16,17)18/h7-8,11H,3-6,19H2,1-2H3. The van der Waals surface area contributed by atoms with Gasteiger partial charge in [-0.3, -0.25) is 4.79 Å². The first-order valence-corrected chi connectivity index (χ1v) is 6.93. The molecule has 0 saturated carbocycles. The fourth-order valence-corrected chi connectivity index (χ4v) is 2.68. The smallest absolute Gasteiger partial charge is 0.391 e. The van der Waals surface area contributed by atoms with Gasteiger partial charge in [0.15, 0.2) is 0 Å². The van der Waals surface area contributed by atoms with Crippen LogP contribution in [0.4, 0.5) is 18.9 Å². The average Bonchev–Trinajstić information content (AvgIpc) is 2.41. The maximum Gasteiger partial charge on any atom is 0.391 e. The van der Waals surface area contributed by atoms with Crippen LogP contribution in [0.1, 0.15) is 34.3 Å². The number of halogens is 3. The summed E-state index contributed by atoms with van der Waals surface area (Å²) < 4.78 is 37.9. The number of nitrogens with two attached hydrogens (primary N) is 1. The molecule has 0 radical (unpaired) electrons. The van der Waals surface area contributed by atoms with E-state index in [0.717, 1.165) is 11.1 Å². The molecule has 6 heteroatoms. The summed E-state index contributed by atoms with van der Waals surface area (Å²) in [6.45, 7) is 3.93. The summed E-state index contributed by atoms with van der Waals surface area (Å²) in [5.74, 6) is -1.54. The molecule has 2 N–H and O–H groups in total. The zero-order valence-electron chi connectivity index (χ0n) is 12.1. The van der Waals surface area contributed by atoms with Crippen molar-refractivity contribution in [2.75, 3.05) is 18.8 Å². The molecule has 1 aliphatic rings. The predicted octanol–water partition coefficient (Wildman–Crippen LogP) is 3.30. The lowest BCUT2D eigenvalue weighted by Gasteiger charge is -2.33. The number of carbonyl (C=O) groups is 1. The van der Waals surface area contributed by atoms with Gasteiger partial charge in [-0.2, -0.15) is 13.2 Å². The lowest BCUT2D eigenvalue weighted by Crippen LogP contribution is -2.42. The number of carbonyl (C=O) groups excluding carboxylic acids is 1. The highest BCUT2D eigenvalue weighted by Crippen LogP contribution is 2.34. The third-order valence-corrected chi connectivity index (χ3v) is 4.09. The molecule has 1 aromatic carbocycles. The number of hydrogen-bond donors (Lipinski definition) is 1. The fraction of sp³-hybridized carbons (Fsp3) is 0.533. The average molecular weight is 300 g/mol. The molecule has 1 aromatic rings. The minimum absolute atomic E-state index is 0.0321. The summed E-state index contributed by atoms with van der Waals surface area (Å²) in [4.78, 5) is 13.9. The molecule has 0 bridgehead atoms. The van der Waals surface area contributed by atoms with Crippen molar-refractivity contribution < 1.29 is 18.0 Å². The molecule has 2 rings (SSSR count). The van der Waals surface area contributed by atoms with E-state index in [9.17, 15) is 18.0 Å². The minimum atomic E-state index is -4.17. The molecule has 21 heavy (non-hydrogen) atoms. The minimum Gasteiger partial charge on any atom is -0.398 e. The molecule has 1 saturated heterocycles. The van der Waals surface area contributed by atoms with Gasteiger partial charge in [0.05, 0.1) is 5.92 Å². The van der Waals surface area contributed by atoms with Crippen molar-refractivity contribution in [3.63, 3.8) is 0 Å². The highest BCUT2D eigenvalue weighted by molar-refractivity contribution is 5.96. The van der Waals surface area contributed by atoms with Gasteiger partial charge in [-0.1, -0.05) is 6.07 Å². The van der Waals surface area contributed by atoms with Gasteiger partial charge in [0, 0.05) is 24.3 Å². The zero-order chi connectivity index (χ0) is 15.8. The second-order valence-corrected chi connectivity index (χ2v) is 5.63. The van der Waals surface area contributed by atoms with Crippen molar-refractivity contribution in [2.45, 2.75) is 32.9 Å². The van der Waals surface area contributed by atoms with Crippen LogP contribution in [0, 0.1) is 19.8 Å². The summed E-state index contributed by atoms with van der Waals surface area (Å²) in [7, 11) is 0. The van der Waals surface area contributed by atoms with Crippen LogP contribution in [0.25, 0.3) is 0 Å². The van der Waals surface area contributed by atoms with Gasteiger partial charge in [0.25, 0.3) is 5.91 Å². The van der Waals surface area contributed by atoms with E-state index in [0.29, 0.717) is 11.3 Å². The first kappa shape index (κ1) is 15.7. The normalized spacial score (nSPS) is 17.1. The number of amides is 1. The van der Waals surface area contributed by atoms with E-state index in [-0.39, 0.29) is 31.8 Å². The third-order valence-electron chi connectivity index (χ3n) is 4.09. The number of alkyl halides is 3. The maximum absolute atomic E-state index is 12.6. The van der Waals surface area contributed by atoms with Crippen LogP contribution < -0.4 is 5.73 Å². The second-order valence-electron chi connectivity index (χ2n) is 5.63. The number of benzene rings is 1. The summed E-state index contributed by atoms with van der Waals surface area (Å²) in [6.07, 6.45) is -4.23. The molecule has 1 amide bonds. The summed E-state index contributed by atoms with van der Waals surface area (Å²) in [5.41, 5.74) is 8.50. The van der Waals surface area contributed by atoms with E-state index in [2.05, 4.69) is 0 Å². The molecule has 1 fully saturated rings. The third kappa shape index (κ3) is 3.31. The van der Waals surface area contributed by atoms with E-state index in [4.69, 9.17) is 5.73 Å². The Balaban J connectivity index is 2.11. The Morgan fingerprint density at radius 3 is 2.29 bits per heavy atom. The van der Waals surface area contributed by atoms with Crippen LogP contribution in [-0.2, 0) is 0 Å². The van der Waals surface area contributed by atoms with Crippen molar-refractivity contribution in [3.8, 4) is 0 Å². The molecular weight excluding hydrogens is 281 g/mol. The molecule has 0 atom stereocenters. The highest BCUT2D eigenvalue weighted by atomic mass is 19.4. The van der Waals surface area contributed by atoms with Crippen LogP contribution in [0.2, 0.25) is 0 Å². The Bertz CT molecular complexity index is 547. The molecule has 116 valence electrons. The number of likely N-dealkylation sites (tertiary alicyclic amines) is 1. The van der Waals surface area contributed by atoms with E-state index in [1.807, 2.05) is 19.9 Å². The fourth-order valence-electron chi connectivity index (χ4n) is 2.68. The zero-order valence-corrected chi connectivity index (χ0v) is 12.1. The van der Waals surface area contributed by atoms with Crippen molar-refractivity contribution in [1.82, 2.24) is 4.90 Å². The highest BCUT2D eigenvalue weighted by Gasteiger charge is 2.41. The first-order chi connectivity index (χ1) is 9.70. The van der Waals surface area contributed by atoms with Crippen molar-refractivity contribution in [3.05, 3.63) is 28.8 Å². The number of anilines is 1. The van der Waals surface area contributed by atoms with E-state index < -0.39 is 12.1 Å². The van der Waals surface area contributed by atoms with Crippen LogP contribution in [0.15, 0.2) is 12.1 Å². The number of nitrogen functional groups attached to an aromatic ring is 1. The molecule has 0 aromatic heterocycles. The summed E-state index contributed by atoms with van der Waals surface area (Å²) in [6, 6.07) is 3.44. The lowest BCUT2D eigenvalue weighted by atomic mass is 9.95. The number of rotatable bonds is 1. The van der Waals surface area contributed by atoms with Gasteiger partial charge >= 0.3 is 6.18 Å². The summed E-state index contributed by atoms with van der Waals surface area (Å²) >= 11 is 0. The molecule has 1 aliphatic heterocycles. The Morgan fingerprint density at radius 2 is 1.76 bits per heavy atom. The van der Waals surface area contributed by atoms with E-state index in [1.165, 1.54) is 4.90 Å². The summed E-state index contributed by atoms with van der Waals surface area (Å²) in [5, 5.41) is 0. The molecule has 0 spiro atoms. The van der Waals surface area contributed by atoms with Gasteiger partial charge in [0.1, 0.15) is 0 Å². The number of piperidine rings is 1. The molecule has 3 nitrogen and oxygen atoms in total. The van der Waals surface area contributed by atoms with Gasteiger partial charge < -0.3 is 10.6 Å². The predicted molar refractivity (Wildman–Crippen MR) is 75.0 cm³/mol. The van der Waals surface area contributed by atoms with Crippen LogP contribution >= 0.6 is 0 Å². The van der Waals surface area contributed by atoms with E-state index in [1.54, 1.807) is 6.07 Å². The van der Waals surface area contributed by atoms with Crippen LogP contribution in [-0.4, -0.2) is 30.1 Å². The molecular formula is C15H19F3N2O. The first-order valence-electron chi connectivity index (χ1n) is 6.93. The quantitative estimate of drug-likeness (QED) is 0.809. The van der Waals surface area contributed by atoms with Gasteiger partial charge in [-0.25, -0.2) is 0 Å². The Kier molecular flexibility index (Phi) is 4.16.